The zero-order chi connectivity index (χ0) is 10.9. The molecule has 0 aromatic heterocycles. The second-order valence-corrected chi connectivity index (χ2v) is 4.95. The first kappa shape index (κ1) is 11.0. The Morgan fingerprint density at radius 1 is 1.40 bits per heavy atom. The molecular formula is C12H16O2S. The number of rotatable bonds is 2. The molecule has 0 amide bonds. The summed E-state index contributed by atoms with van der Waals surface area (Å²) in [6, 6.07) is 6.24. The van der Waals surface area contributed by atoms with Gasteiger partial charge < -0.3 is 9.84 Å². The number of aliphatic hydroxyl groups is 1. The van der Waals surface area contributed by atoms with Gasteiger partial charge in [0.25, 0.3) is 0 Å². The lowest BCUT2D eigenvalue weighted by Crippen LogP contribution is -2.25. The first-order chi connectivity index (χ1) is 7.14. The zero-order valence-corrected chi connectivity index (χ0v) is 9.93. The molecule has 1 aromatic carbocycles. The zero-order valence-electron chi connectivity index (χ0n) is 9.12. The summed E-state index contributed by atoms with van der Waals surface area (Å²) in [7, 11) is 0. The molecular weight excluding hydrogens is 208 g/mol. The predicted molar refractivity (Wildman–Crippen MR) is 62.3 cm³/mol. The average molecular weight is 224 g/mol. The van der Waals surface area contributed by atoms with E-state index in [2.05, 4.69) is 25.1 Å². The van der Waals surface area contributed by atoms with Gasteiger partial charge in [0, 0.05) is 17.9 Å². The molecule has 0 radical (unpaired) electrons. The summed E-state index contributed by atoms with van der Waals surface area (Å²) in [5, 5.41) is 10.4. The third kappa shape index (κ3) is 2.19. The Morgan fingerprint density at radius 2 is 2.20 bits per heavy atom. The molecule has 1 aliphatic rings. The summed E-state index contributed by atoms with van der Waals surface area (Å²) >= 11 is 1.70. The Labute approximate surface area is 94.6 Å². The number of hydrogen-bond donors (Lipinski definition) is 1. The van der Waals surface area contributed by atoms with E-state index in [1.807, 2.05) is 6.26 Å². The van der Waals surface area contributed by atoms with Crippen molar-refractivity contribution in [2.45, 2.75) is 23.8 Å². The number of aryl methyl sites for hydroxylation is 1. The smallest absolute Gasteiger partial charge is 0.115 e. The van der Waals surface area contributed by atoms with Crippen LogP contribution in [-0.4, -0.2) is 24.6 Å². The Balaban J connectivity index is 2.38. The van der Waals surface area contributed by atoms with Crippen LogP contribution in [0.25, 0.3) is 0 Å². The molecule has 1 saturated heterocycles. The van der Waals surface area contributed by atoms with Gasteiger partial charge in [-0.25, -0.2) is 0 Å². The van der Waals surface area contributed by atoms with Crippen molar-refractivity contribution in [2.75, 3.05) is 19.5 Å². The van der Waals surface area contributed by atoms with Gasteiger partial charge in [-0.2, -0.15) is 0 Å². The topological polar surface area (TPSA) is 29.5 Å². The molecule has 2 nitrogen and oxygen atoms in total. The van der Waals surface area contributed by atoms with E-state index in [0.717, 1.165) is 5.56 Å². The average Bonchev–Trinajstić information content (AvgIpc) is 2.65. The van der Waals surface area contributed by atoms with Crippen LogP contribution in [0.4, 0.5) is 0 Å². The number of hydrogen-bond acceptors (Lipinski definition) is 3. The molecule has 1 aromatic rings. The maximum absolute atomic E-state index is 10.4. The summed E-state index contributed by atoms with van der Waals surface area (Å²) < 4.78 is 5.27. The van der Waals surface area contributed by atoms with Crippen LogP contribution in [0, 0.1) is 6.92 Å². The molecule has 0 saturated carbocycles. The Kier molecular flexibility index (Phi) is 3.05. The van der Waals surface area contributed by atoms with E-state index < -0.39 is 5.60 Å². The van der Waals surface area contributed by atoms with Crippen LogP contribution in [0.15, 0.2) is 23.1 Å². The number of ether oxygens (including phenoxy) is 1. The van der Waals surface area contributed by atoms with E-state index in [1.165, 1.54) is 10.5 Å². The highest BCUT2D eigenvalue weighted by Gasteiger charge is 2.34. The maximum Gasteiger partial charge on any atom is 0.115 e. The molecule has 1 N–H and O–H groups in total. The van der Waals surface area contributed by atoms with E-state index >= 15 is 0 Å². The van der Waals surface area contributed by atoms with Gasteiger partial charge in [-0.05, 0) is 36.4 Å². The lowest BCUT2D eigenvalue weighted by Gasteiger charge is -2.22. The van der Waals surface area contributed by atoms with Crippen LogP contribution >= 0.6 is 11.8 Å². The van der Waals surface area contributed by atoms with Crippen LogP contribution in [-0.2, 0) is 10.3 Å². The third-order valence-corrected chi connectivity index (χ3v) is 3.53. The van der Waals surface area contributed by atoms with Crippen molar-refractivity contribution in [1.29, 1.82) is 0 Å². The lowest BCUT2D eigenvalue weighted by atomic mass is 9.92. The molecule has 1 heterocycles. The summed E-state index contributed by atoms with van der Waals surface area (Å²) in [5.74, 6) is 0. The molecule has 1 atom stereocenters. The summed E-state index contributed by atoms with van der Waals surface area (Å²) in [5.41, 5.74) is 1.41. The molecule has 0 spiro atoms. The van der Waals surface area contributed by atoms with Crippen molar-refractivity contribution in [3.8, 4) is 0 Å². The quantitative estimate of drug-likeness (QED) is 0.782. The van der Waals surface area contributed by atoms with Gasteiger partial charge in [0.2, 0.25) is 0 Å². The van der Waals surface area contributed by atoms with Crippen molar-refractivity contribution in [2.24, 2.45) is 0 Å². The van der Waals surface area contributed by atoms with Gasteiger partial charge in [0.15, 0.2) is 0 Å². The minimum absolute atomic E-state index is 0.421. The number of thioether (sulfide) groups is 1. The second kappa shape index (κ2) is 4.16. The Hall–Kier alpha value is -0.510. The molecule has 0 bridgehead atoms. The van der Waals surface area contributed by atoms with E-state index in [-0.39, 0.29) is 0 Å². The normalized spacial score (nSPS) is 25.8. The molecule has 82 valence electrons. The monoisotopic (exact) mass is 224 g/mol. The van der Waals surface area contributed by atoms with Crippen molar-refractivity contribution >= 4 is 11.8 Å². The van der Waals surface area contributed by atoms with E-state index in [9.17, 15) is 5.11 Å². The van der Waals surface area contributed by atoms with Gasteiger partial charge in [-0.3, -0.25) is 0 Å². The Morgan fingerprint density at radius 3 is 2.80 bits per heavy atom. The summed E-state index contributed by atoms with van der Waals surface area (Å²) in [6.07, 6.45) is 2.75. The van der Waals surface area contributed by atoms with Gasteiger partial charge in [0.1, 0.15) is 5.60 Å². The van der Waals surface area contributed by atoms with Gasteiger partial charge in [-0.1, -0.05) is 6.07 Å². The van der Waals surface area contributed by atoms with E-state index in [0.29, 0.717) is 19.6 Å². The van der Waals surface area contributed by atoms with Gasteiger partial charge in [0.05, 0.1) is 6.61 Å². The van der Waals surface area contributed by atoms with Crippen molar-refractivity contribution in [3.63, 3.8) is 0 Å². The van der Waals surface area contributed by atoms with Gasteiger partial charge in [-0.15, -0.1) is 11.8 Å². The van der Waals surface area contributed by atoms with E-state index in [1.54, 1.807) is 11.8 Å². The van der Waals surface area contributed by atoms with Crippen molar-refractivity contribution < 1.29 is 9.84 Å². The fourth-order valence-electron chi connectivity index (χ4n) is 1.92. The number of benzene rings is 1. The van der Waals surface area contributed by atoms with E-state index in [4.69, 9.17) is 4.74 Å². The summed E-state index contributed by atoms with van der Waals surface area (Å²) in [4.78, 5) is 1.20. The van der Waals surface area contributed by atoms with Gasteiger partial charge >= 0.3 is 0 Å². The lowest BCUT2D eigenvalue weighted by molar-refractivity contribution is 0.0230. The van der Waals surface area contributed by atoms with Crippen LogP contribution < -0.4 is 0 Å². The standard InChI is InChI=1S/C12H16O2S/c1-9-5-10(7-11(6-9)15-2)12(13)3-4-14-8-12/h5-7,13H,3-4,8H2,1-2H3. The molecule has 15 heavy (non-hydrogen) atoms. The van der Waals surface area contributed by atoms with Crippen molar-refractivity contribution in [1.82, 2.24) is 0 Å². The molecule has 1 unspecified atom stereocenters. The maximum atomic E-state index is 10.4. The van der Waals surface area contributed by atoms with Crippen LogP contribution in [0.3, 0.4) is 0 Å². The van der Waals surface area contributed by atoms with Crippen LogP contribution in [0.5, 0.6) is 0 Å². The molecule has 1 fully saturated rings. The first-order valence-corrected chi connectivity index (χ1v) is 6.33. The molecule has 1 aliphatic heterocycles. The fourth-order valence-corrected chi connectivity index (χ4v) is 2.46. The molecule has 2 rings (SSSR count). The fraction of sp³-hybridized carbons (Fsp3) is 0.500. The Bertz CT molecular complexity index is 357. The predicted octanol–water partition coefficient (Wildman–Crippen LogP) is 2.32. The second-order valence-electron chi connectivity index (χ2n) is 4.07. The van der Waals surface area contributed by atoms with Crippen LogP contribution in [0.2, 0.25) is 0 Å². The minimum Gasteiger partial charge on any atom is -0.383 e. The first-order valence-electron chi connectivity index (χ1n) is 5.10. The third-order valence-electron chi connectivity index (χ3n) is 2.82. The van der Waals surface area contributed by atoms with Crippen molar-refractivity contribution in [3.05, 3.63) is 29.3 Å². The molecule has 0 aliphatic carbocycles. The molecule has 3 heteroatoms. The highest BCUT2D eigenvalue weighted by molar-refractivity contribution is 7.98. The SMILES string of the molecule is CSc1cc(C)cc(C2(O)CCOC2)c1. The largest absolute Gasteiger partial charge is 0.383 e. The summed E-state index contributed by atoms with van der Waals surface area (Å²) in [6.45, 7) is 3.13. The van der Waals surface area contributed by atoms with Crippen LogP contribution in [0.1, 0.15) is 17.5 Å². The highest BCUT2D eigenvalue weighted by atomic mass is 32.2. The minimum atomic E-state index is -0.767. The highest BCUT2D eigenvalue weighted by Crippen LogP contribution is 2.33.